The number of benzene rings is 2. The van der Waals surface area contributed by atoms with Gasteiger partial charge in [0.15, 0.2) is 0 Å². The normalized spacial score (nSPS) is 17.3. The quantitative estimate of drug-likeness (QED) is 0.849. The Morgan fingerprint density at radius 3 is 2.63 bits per heavy atom. The summed E-state index contributed by atoms with van der Waals surface area (Å²) in [4.78, 5) is 15.3. The molecule has 1 unspecified atom stereocenters. The second kappa shape index (κ2) is 7.35. The topological polar surface area (TPSA) is 41.6 Å². The third-order valence-electron chi connectivity index (χ3n) is 5.60. The van der Waals surface area contributed by atoms with Gasteiger partial charge in [-0.05, 0) is 60.7 Å². The van der Waals surface area contributed by atoms with E-state index >= 15 is 0 Å². The number of rotatable bonds is 3. The van der Waals surface area contributed by atoms with Gasteiger partial charge in [0.2, 0.25) is 0 Å². The van der Waals surface area contributed by atoms with E-state index in [1.165, 1.54) is 11.1 Å². The number of carbonyl (C=O) groups excluding carboxylic acids is 1. The number of hydrogen-bond acceptors (Lipinski definition) is 3. The van der Waals surface area contributed by atoms with Crippen molar-refractivity contribution in [1.29, 1.82) is 0 Å². The fourth-order valence-electron chi connectivity index (χ4n) is 3.65. The molecule has 1 N–H and O–H groups in total. The second-order valence-corrected chi connectivity index (χ2v) is 8.40. The summed E-state index contributed by atoms with van der Waals surface area (Å²) in [6, 6.07) is 12.4. The molecule has 0 saturated carbocycles. The van der Waals surface area contributed by atoms with Crippen molar-refractivity contribution in [3.05, 3.63) is 58.7 Å². The molecule has 0 bridgehead atoms. The Labute approximate surface area is 162 Å². The van der Waals surface area contributed by atoms with Gasteiger partial charge in [-0.2, -0.15) is 0 Å². The molecule has 144 valence electrons. The molecular formula is C23H30N2O2. The van der Waals surface area contributed by atoms with Gasteiger partial charge in [-0.3, -0.25) is 9.69 Å². The van der Waals surface area contributed by atoms with Gasteiger partial charge in [-0.15, -0.1) is 0 Å². The third-order valence-corrected chi connectivity index (χ3v) is 5.60. The first-order valence-corrected chi connectivity index (χ1v) is 9.54. The number of nitrogens with zero attached hydrogens (tertiary/aromatic N) is 1. The molecule has 1 aliphatic rings. The van der Waals surface area contributed by atoms with Crippen molar-refractivity contribution in [2.75, 3.05) is 26.0 Å². The monoisotopic (exact) mass is 366 g/mol. The Morgan fingerprint density at radius 1 is 1.22 bits per heavy atom. The average Bonchev–Trinajstić information content (AvgIpc) is 2.63. The SMILES string of the molecule is COc1cc(C(C)(C)C)ccc1C(=O)Nc1cccc2c1CCN(C)C2C. The number of ether oxygens (including phenoxy) is 1. The highest BCUT2D eigenvalue weighted by Gasteiger charge is 2.24. The van der Waals surface area contributed by atoms with Crippen molar-refractivity contribution in [2.24, 2.45) is 0 Å². The largest absolute Gasteiger partial charge is 0.496 e. The molecule has 0 aromatic heterocycles. The molecule has 4 heteroatoms. The molecule has 4 nitrogen and oxygen atoms in total. The molecule has 3 rings (SSSR count). The van der Waals surface area contributed by atoms with Gasteiger partial charge in [0, 0.05) is 18.3 Å². The minimum Gasteiger partial charge on any atom is -0.496 e. The molecule has 1 aliphatic heterocycles. The summed E-state index contributed by atoms with van der Waals surface area (Å²) in [5.41, 5.74) is 5.13. The van der Waals surface area contributed by atoms with Crippen LogP contribution in [0.4, 0.5) is 5.69 Å². The van der Waals surface area contributed by atoms with Gasteiger partial charge >= 0.3 is 0 Å². The summed E-state index contributed by atoms with van der Waals surface area (Å²) in [5, 5.41) is 3.12. The van der Waals surface area contributed by atoms with Gasteiger partial charge in [0.05, 0.1) is 12.7 Å². The van der Waals surface area contributed by atoms with Crippen LogP contribution in [0.5, 0.6) is 5.75 Å². The molecule has 0 saturated heterocycles. The van der Waals surface area contributed by atoms with Crippen molar-refractivity contribution in [1.82, 2.24) is 4.90 Å². The van der Waals surface area contributed by atoms with Gasteiger partial charge < -0.3 is 10.1 Å². The number of anilines is 1. The maximum atomic E-state index is 13.0. The van der Waals surface area contributed by atoms with Crippen LogP contribution in [0, 0.1) is 0 Å². The standard InChI is InChI=1S/C23H30N2O2/c1-15-17-8-7-9-20(18(17)12-13-25(15)5)24-22(26)19-11-10-16(23(2,3)4)14-21(19)27-6/h7-11,14-15H,12-13H2,1-6H3,(H,24,26). The van der Waals surface area contributed by atoms with E-state index in [2.05, 4.69) is 51.0 Å². The summed E-state index contributed by atoms with van der Waals surface area (Å²) in [6.07, 6.45) is 0.937. The van der Waals surface area contributed by atoms with Crippen molar-refractivity contribution in [3.63, 3.8) is 0 Å². The Morgan fingerprint density at radius 2 is 1.96 bits per heavy atom. The third kappa shape index (κ3) is 3.86. The molecule has 0 aliphatic carbocycles. The molecule has 1 amide bonds. The molecule has 27 heavy (non-hydrogen) atoms. The van der Waals surface area contributed by atoms with E-state index in [4.69, 9.17) is 4.74 Å². The lowest BCUT2D eigenvalue weighted by Gasteiger charge is -2.33. The van der Waals surface area contributed by atoms with Crippen molar-refractivity contribution in [3.8, 4) is 5.75 Å². The van der Waals surface area contributed by atoms with Crippen LogP contribution in [0.2, 0.25) is 0 Å². The zero-order valence-electron chi connectivity index (χ0n) is 17.2. The molecule has 2 aromatic rings. The zero-order valence-corrected chi connectivity index (χ0v) is 17.2. The lowest BCUT2D eigenvalue weighted by atomic mass is 9.86. The number of hydrogen-bond donors (Lipinski definition) is 1. The Kier molecular flexibility index (Phi) is 5.29. The van der Waals surface area contributed by atoms with Crippen molar-refractivity contribution < 1.29 is 9.53 Å². The minimum atomic E-state index is -0.132. The number of likely N-dealkylation sites (N-methyl/N-ethyl adjacent to an activating group) is 1. The predicted octanol–water partition coefficient (Wildman–Crippen LogP) is 4.79. The summed E-state index contributed by atoms with van der Waals surface area (Å²) >= 11 is 0. The summed E-state index contributed by atoms with van der Waals surface area (Å²) in [7, 11) is 3.75. The Balaban J connectivity index is 1.91. The van der Waals surface area contributed by atoms with Crippen molar-refractivity contribution >= 4 is 11.6 Å². The van der Waals surface area contributed by atoms with E-state index in [0.29, 0.717) is 17.4 Å². The van der Waals surface area contributed by atoms with E-state index < -0.39 is 0 Å². The molecular weight excluding hydrogens is 336 g/mol. The van der Waals surface area contributed by atoms with E-state index in [0.717, 1.165) is 24.2 Å². The minimum absolute atomic E-state index is 0.00293. The van der Waals surface area contributed by atoms with Crippen LogP contribution in [0.15, 0.2) is 36.4 Å². The van der Waals surface area contributed by atoms with Crippen LogP contribution >= 0.6 is 0 Å². The molecule has 2 aromatic carbocycles. The van der Waals surface area contributed by atoms with Crippen LogP contribution in [-0.4, -0.2) is 31.5 Å². The first-order valence-electron chi connectivity index (χ1n) is 9.54. The highest BCUT2D eigenvalue weighted by Crippen LogP contribution is 2.34. The Hall–Kier alpha value is -2.33. The molecule has 0 radical (unpaired) electrons. The second-order valence-electron chi connectivity index (χ2n) is 8.40. The smallest absolute Gasteiger partial charge is 0.259 e. The van der Waals surface area contributed by atoms with Crippen LogP contribution < -0.4 is 10.1 Å². The highest BCUT2D eigenvalue weighted by molar-refractivity contribution is 6.06. The molecule has 0 fully saturated rings. The van der Waals surface area contributed by atoms with Gasteiger partial charge in [-0.25, -0.2) is 0 Å². The first-order chi connectivity index (χ1) is 12.7. The Bertz CT molecular complexity index is 852. The molecule has 0 spiro atoms. The van der Waals surface area contributed by atoms with E-state index in [9.17, 15) is 4.79 Å². The summed E-state index contributed by atoms with van der Waals surface area (Å²) < 4.78 is 5.52. The summed E-state index contributed by atoms with van der Waals surface area (Å²) in [6.45, 7) is 9.64. The maximum Gasteiger partial charge on any atom is 0.259 e. The number of methoxy groups -OCH3 is 1. The lowest BCUT2D eigenvalue weighted by molar-refractivity contribution is 0.102. The number of fused-ring (bicyclic) bond motifs is 1. The van der Waals surface area contributed by atoms with E-state index in [-0.39, 0.29) is 11.3 Å². The van der Waals surface area contributed by atoms with Crippen LogP contribution in [0.25, 0.3) is 0 Å². The predicted molar refractivity (Wildman–Crippen MR) is 111 cm³/mol. The number of carbonyl (C=O) groups is 1. The molecule has 1 atom stereocenters. The van der Waals surface area contributed by atoms with Gasteiger partial charge in [0.1, 0.15) is 5.75 Å². The van der Waals surface area contributed by atoms with Crippen LogP contribution in [0.3, 0.4) is 0 Å². The zero-order chi connectivity index (χ0) is 19.8. The highest BCUT2D eigenvalue weighted by atomic mass is 16.5. The summed E-state index contributed by atoms with van der Waals surface area (Å²) in [5.74, 6) is 0.477. The van der Waals surface area contributed by atoms with E-state index in [1.54, 1.807) is 7.11 Å². The van der Waals surface area contributed by atoms with E-state index in [1.807, 2.05) is 30.3 Å². The number of amides is 1. The number of nitrogens with one attached hydrogen (secondary N) is 1. The lowest BCUT2D eigenvalue weighted by Crippen LogP contribution is -2.31. The fraction of sp³-hybridized carbons (Fsp3) is 0.435. The first kappa shape index (κ1) is 19.4. The fourth-order valence-corrected chi connectivity index (χ4v) is 3.65. The molecule has 1 heterocycles. The van der Waals surface area contributed by atoms with Crippen LogP contribution in [0.1, 0.15) is 60.8 Å². The van der Waals surface area contributed by atoms with Crippen molar-refractivity contribution in [2.45, 2.75) is 45.6 Å². The average molecular weight is 367 g/mol. The van der Waals surface area contributed by atoms with Gasteiger partial charge in [-0.1, -0.05) is 39.0 Å². The van der Waals surface area contributed by atoms with Gasteiger partial charge in [0.25, 0.3) is 5.91 Å². The maximum absolute atomic E-state index is 13.0. The van der Waals surface area contributed by atoms with Crippen LogP contribution in [-0.2, 0) is 11.8 Å².